The first-order valence-corrected chi connectivity index (χ1v) is 6.48. The molecule has 2 aromatic heterocycles. The number of nitrogens with zero attached hydrogens (tertiary/aromatic N) is 3. The molecule has 3 aromatic rings. The Kier molecular flexibility index (Phi) is 3.13. The van der Waals surface area contributed by atoms with E-state index in [2.05, 4.69) is 10.1 Å². The number of fused-ring (bicyclic) bond motifs is 1. The molecule has 3 rings (SSSR count). The summed E-state index contributed by atoms with van der Waals surface area (Å²) in [7, 11) is 3.23. The van der Waals surface area contributed by atoms with Gasteiger partial charge < -0.3 is 15.2 Å². The quantitative estimate of drug-likeness (QED) is 0.798. The van der Waals surface area contributed by atoms with Crippen molar-refractivity contribution in [2.24, 2.45) is 0 Å². The summed E-state index contributed by atoms with van der Waals surface area (Å²) in [5, 5.41) is 4.25. The number of hydrogen-bond donors (Lipinski definition) is 1. The Labute approximate surface area is 122 Å². The van der Waals surface area contributed by atoms with Gasteiger partial charge in [-0.05, 0) is 31.2 Å². The molecule has 0 spiro atoms. The Balaban J connectivity index is 2.33. The van der Waals surface area contributed by atoms with E-state index in [1.165, 1.54) is 0 Å². The molecule has 0 fully saturated rings. The molecule has 0 bridgehead atoms. The van der Waals surface area contributed by atoms with Crippen LogP contribution >= 0.6 is 0 Å². The first-order valence-electron chi connectivity index (χ1n) is 6.48. The van der Waals surface area contributed by atoms with Crippen LogP contribution < -0.4 is 15.2 Å². The summed E-state index contributed by atoms with van der Waals surface area (Å²) in [6.07, 6.45) is 0. The lowest BCUT2D eigenvalue weighted by Gasteiger charge is -2.12. The number of aryl methyl sites for hydroxylation is 1. The zero-order valence-corrected chi connectivity index (χ0v) is 12.1. The molecule has 0 saturated carbocycles. The van der Waals surface area contributed by atoms with Gasteiger partial charge in [0.1, 0.15) is 5.75 Å². The van der Waals surface area contributed by atoms with Gasteiger partial charge in [-0.1, -0.05) is 11.6 Å². The molecular formula is C15H16N4O2. The standard InChI is InChI=1S/C15H16N4O2/c1-9-4-6-12(20-2)10(8-9)11-5-7-13(21-3)14-17-15(16)18-19(11)14/h4-8H,1-3H3,(H2,16,18). The summed E-state index contributed by atoms with van der Waals surface area (Å²) in [5.41, 5.74) is 9.21. The molecule has 1 aromatic carbocycles. The third-order valence-corrected chi connectivity index (χ3v) is 3.32. The van der Waals surface area contributed by atoms with Crippen LogP contribution in [0.25, 0.3) is 16.9 Å². The molecule has 6 nitrogen and oxygen atoms in total. The molecule has 0 saturated heterocycles. The van der Waals surface area contributed by atoms with Crippen LogP contribution in [0.1, 0.15) is 5.56 Å². The van der Waals surface area contributed by atoms with Crippen LogP contribution in [0.5, 0.6) is 11.5 Å². The second kappa shape index (κ2) is 4.97. The van der Waals surface area contributed by atoms with Crippen molar-refractivity contribution in [3.63, 3.8) is 0 Å². The smallest absolute Gasteiger partial charge is 0.240 e. The van der Waals surface area contributed by atoms with E-state index in [0.717, 1.165) is 22.6 Å². The Hall–Kier alpha value is -2.76. The first-order chi connectivity index (χ1) is 10.1. The Morgan fingerprint density at radius 1 is 1.05 bits per heavy atom. The van der Waals surface area contributed by atoms with E-state index in [4.69, 9.17) is 15.2 Å². The molecule has 2 N–H and O–H groups in total. The Morgan fingerprint density at radius 3 is 2.48 bits per heavy atom. The van der Waals surface area contributed by atoms with E-state index in [1.807, 2.05) is 37.3 Å². The summed E-state index contributed by atoms with van der Waals surface area (Å²) in [4.78, 5) is 4.21. The van der Waals surface area contributed by atoms with Crippen molar-refractivity contribution in [2.75, 3.05) is 20.0 Å². The highest BCUT2D eigenvalue weighted by atomic mass is 16.5. The fourth-order valence-electron chi connectivity index (χ4n) is 2.34. The van der Waals surface area contributed by atoms with E-state index >= 15 is 0 Å². The number of anilines is 1. The summed E-state index contributed by atoms with van der Waals surface area (Å²) in [6.45, 7) is 2.03. The normalized spacial score (nSPS) is 10.8. The summed E-state index contributed by atoms with van der Waals surface area (Å²) >= 11 is 0. The largest absolute Gasteiger partial charge is 0.496 e. The van der Waals surface area contributed by atoms with Crippen molar-refractivity contribution in [3.8, 4) is 22.8 Å². The average molecular weight is 284 g/mol. The summed E-state index contributed by atoms with van der Waals surface area (Å²) in [5.74, 6) is 1.59. The Morgan fingerprint density at radius 2 is 1.76 bits per heavy atom. The van der Waals surface area contributed by atoms with Crippen molar-refractivity contribution >= 4 is 11.6 Å². The fourth-order valence-corrected chi connectivity index (χ4v) is 2.34. The zero-order chi connectivity index (χ0) is 15.0. The number of methoxy groups -OCH3 is 2. The van der Waals surface area contributed by atoms with E-state index in [1.54, 1.807) is 18.7 Å². The van der Waals surface area contributed by atoms with Crippen molar-refractivity contribution in [1.82, 2.24) is 14.6 Å². The third kappa shape index (κ3) is 2.14. The van der Waals surface area contributed by atoms with E-state index in [9.17, 15) is 0 Å². The first kappa shape index (κ1) is 13.2. The molecule has 6 heteroatoms. The fraction of sp³-hybridized carbons (Fsp3) is 0.200. The van der Waals surface area contributed by atoms with Crippen LogP contribution in [-0.4, -0.2) is 28.8 Å². The number of nitrogens with two attached hydrogens (primary N) is 1. The molecule has 0 amide bonds. The number of aromatic nitrogens is 3. The average Bonchev–Trinajstić information content (AvgIpc) is 2.87. The number of ether oxygens (including phenoxy) is 2. The van der Waals surface area contributed by atoms with Crippen molar-refractivity contribution in [3.05, 3.63) is 35.9 Å². The topological polar surface area (TPSA) is 74.7 Å². The van der Waals surface area contributed by atoms with Crippen LogP contribution in [0.3, 0.4) is 0 Å². The molecule has 0 aliphatic rings. The van der Waals surface area contributed by atoms with Gasteiger partial charge in [-0.25, -0.2) is 4.52 Å². The molecule has 0 atom stereocenters. The minimum absolute atomic E-state index is 0.201. The van der Waals surface area contributed by atoms with Gasteiger partial charge in [-0.3, -0.25) is 0 Å². The van der Waals surface area contributed by atoms with Gasteiger partial charge >= 0.3 is 0 Å². The van der Waals surface area contributed by atoms with E-state index in [-0.39, 0.29) is 5.95 Å². The second-order valence-electron chi connectivity index (χ2n) is 4.70. The molecule has 108 valence electrons. The highest BCUT2D eigenvalue weighted by Gasteiger charge is 2.15. The molecule has 0 aliphatic heterocycles. The van der Waals surface area contributed by atoms with Crippen LogP contribution in [0.15, 0.2) is 30.3 Å². The van der Waals surface area contributed by atoms with Crippen LogP contribution in [0, 0.1) is 6.92 Å². The molecular weight excluding hydrogens is 268 g/mol. The minimum atomic E-state index is 0.201. The molecule has 2 heterocycles. The van der Waals surface area contributed by atoms with Gasteiger partial charge in [0.2, 0.25) is 5.95 Å². The maximum atomic E-state index is 5.73. The predicted octanol–water partition coefficient (Wildman–Crippen LogP) is 2.30. The lowest BCUT2D eigenvalue weighted by molar-refractivity contribution is 0.414. The van der Waals surface area contributed by atoms with Crippen molar-refractivity contribution in [2.45, 2.75) is 6.92 Å². The van der Waals surface area contributed by atoms with Gasteiger partial charge in [0, 0.05) is 5.56 Å². The lowest BCUT2D eigenvalue weighted by Crippen LogP contribution is -1.99. The number of pyridine rings is 1. The molecule has 21 heavy (non-hydrogen) atoms. The summed E-state index contributed by atoms with van der Waals surface area (Å²) < 4.78 is 12.4. The third-order valence-electron chi connectivity index (χ3n) is 3.32. The van der Waals surface area contributed by atoms with Gasteiger partial charge in [0.05, 0.1) is 19.9 Å². The maximum Gasteiger partial charge on any atom is 0.240 e. The SMILES string of the molecule is COc1ccc(C)cc1-c1ccc(OC)c2nc(N)nn12. The minimum Gasteiger partial charge on any atom is -0.496 e. The molecule has 0 radical (unpaired) electrons. The van der Waals surface area contributed by atoms with Gasteiger partial charge in [-0.15, -0.1) is 5.10 Å². The number of benzene rings is 1. The van der Waals surface area contributed by atoms with Gasteiger partial charge in [0.15, 0.2) is 11.4 Å². The van der Waals surface area contributed by atoms with Crippen molar-refractivity contribution < 1.29 is 9.47 Å². The monoisotopic (exact) mass is 284 g/mol. The summed E-state index contributed by atoms with van der Waals surface area (Å²) in [6, 6.07) is 9.73. The number of nitrogen functional groups attached to an aromatic ring is 1. The second-order valence-corrected chi connectivity index (χ2v) is 4.70. The highest BCUT2D eigenvalue weighted by Crippen LogP contribution is 2.33. The maximum absolute atomic E-state index is 5.73. The van der Waals surface area contributed by atoms with Crippen molar-refractivity contribution in [1.29, 1.82) is 0 Å². The molecule has 0 unspecified atom stereocenters. The number of hydrogen-bond acceptors (Lipinski definition) is 5. The van der Waals surface area contributed by atoms with Crippen LogP contribution in [-0.2, 0) is 0 Å². The Bertz CT molecular complexity index is 811. The van der Waals surface area contributed by atoms with Gasteiger partial charge in [-0.2, -0.15) is 4.98 Å². The number of rotatable bonds is 3. The molecule has 0 aliphatic carbocycles. The lowest BCUT2D eigenvalue weighted by atomic mass is 10.1. The van der Waals surface area contributed by atoms with Gasteiger partial charge in [0.25, 0.3) is 0 Å². The van der Waals surface area contributed by atoms with E-state index in [0.29, 0.717) is 11.4 Å². The van der Waals surface area contributed by atoms with Crippen LogP contribution in [0.2, 0.25) is 0 Å². The predicted molar refractivity (Wildman–Crippen MR) is 80.7 cm³/mol. The highest BCUT2D eigenvalue weighted by molar-refractivity contribution is 5.73. The van der Waals surface area contributed by atoms with E-state index < -0.39 is 0 Å². The van der Waals surface area contributed by atoms with Crippen LogP contribution in [0.4, 0.5) is 5.95 Å². The zero-order valence-electron chi connectivity index (χ0n) is 12.1.